The molecule has 0 aromatic heterocycles. The largest absolute Gasteiger partial charge is 0.476 e. The van der Waals surface area contributed by atoms with E-state index in [9.17, 15) is 14.4 Å². The van der Waals surface area contributed by atoms with Gasteiger partial charge >= 0.3 is 0 Å². The first-order valence-corrected chi connectivity index (χ1v) is 11.8. The van der Waals surface area contributed by atoms with E-state index < -0.39 is 6.10 Å². The number of rotatable bonds is 4. The molecule has 5 rings (SSSR count). The molecule has 0 N–H and O–H groups in total. The Morgan fingerprint density at radius 3 is 2.55 bits per heavy atom. The second-order valence-corrected chi connectivity index (χ2v) is 9.00. The Kier molecular flexibility index (Phi) is 6.03. The molecule has 3 aliphatic rings. The maximum Gasteiger partial charge on any atom is 0.265 e. The summed E-state index contributed by atoms with van der Waals surface area (Å²) in [4.78, 5) is 44.2. The van der Waals surface area contributed by atoms with Crippen LogP contribution in [0.5, 0.6) is 5.75 Å². The molecule has 1 unspecified atom stereocenters. The lowest BCUT2D eigenvalue weighted by Crippen LogP contribution is -2.52. The minimum absolute atomic E-state index is 0.0525. The maximum absolute atomic E-state index is 13.6. The molecule has 1 atom stereocenters. The highest BCUT2D eigenvalue weighted by molar-refractivity contribution is 6.08. The SMILES string of the molecule is O=C1CCCN1Cc1cccc(C(=O)N2CC(C(=O)N3CCCCC3)Oc3ccccc32)c1. The second-order valence-electron chi connectivity index (χ2n) is 9.00. The molecule has 7 nitrogen and oxygen atoms in total. The molecule has 0 saturated carbocycles. The zero-order valence-electron chi connectivity index (χ0n) is 18.7. The Balaban J connectivity index is 1.39. The molecule has 3 amide bonds. The molecule has 172 valence electrons. The van der Waals surface area contributed by atoms with Gasteiger partial charge in [-0.15, -0.1) is 0 Å². The molecule has 3 heterocycles. The highest BCUT2D eigenvalue weighted by Crippen LogP contribution is 2.35. The Morgan fingerprint density at radius 2 is 1.76 bits per heavy atom. The first-order chi connectivity index (χ1) is 16.1. The number of hydrogen-bond donors (Lipinski definition) is 0. The fourth-order valence-electron chi connectivity index (χ4n) is 4.92. The Hall–Kier alpha value is -3.35. The first-order valence-electron chi connectivity index (χ1n) is 11.8. The first kappa shape index (κ1) is 21.5. The third-order valence-electron chi connectivity index (χ3n) is 6.68. The minimum atomic E-state index is -0.715. The summed E-state index contributed by atoms with van der Waals surface area (Å²) in [6, 6.07) is 14.8. The molecule has 0 bridgehead atoms. The van der Waals surface area contributed by atoms with E-state index in [0.29, 0.717) is 30.0 Å². The number of fused-ring (bicyclic) bond motifs is 1. The monoisotopic (exact) mass is 447 g/mol. The number of amides is 3. The van der Waals surface area contributed by atoms with E-state index in [1.807, 2.05) is 46.2 Å². The predicted octanol–water partition coefficient (Wildman–Crippen LogP) is 3.23. The molecule has 7 heteroatoms. The van der Waals surface area contributed by atoms with Gasteiger partial charge in [-0.25, -0.2) is 0 Å². The summed E-state index contributed by atoms with van der Waals surface area (Å²) in [5.41, 5.74) is 2.14. The van der Waals surface area contributed by atoms with Crippen molar-refractivity contribution in [3.8, 4) is 5.75 Å². The summed E-state index contributed by atoms with van der Waals surface area (Å²) in [6.07, 6.45) is 3.91. The van der Waals surface area contributed by atoms with Crippen molar-refractivity contribution in [2.24, 2.45) is 0 Å². The summed E-state index contributed by atoms with van der Waals surface area (Å²) < 4.78 is 6.06. The van der Waals surface area contributed by atoms with Crippen LogP contribution >= 0.6 is 0 Å². The molecule has 0 spiro atoms. The van der Waals surface area contributed by atoms with Gasteiger partial charge in [-0.3, -0.25) is 14.4 Å². The standard InChI is InChI=1S/C26H29N3O4/c30-24-12-7-15-28(24)17-19-8-6-9-20(16-19)25(31)29-18-23(26(32)27-13-4-1-5-14-27)33-22-11-3-2-10-21(22)29/h2-3,6,8-11,16,23H,1,4-5,7,12-15,17-18H2. The quantitative estimate of drug-likeness (QED) is 0.722. The zero-order chi connectivity index (χ0) is 22.8. The average molecular weight is 448 g/mol. The van der Waals surface area contributed by atoms with Crippen LogP contribution < -0.4 is 9.64 Å². The van der Waals surface area contributed by atoms with Gasteiger partial charge in [0.05, 0.1) is 12.2 Å². The second kappa shape index (κ2) is 9.25. The number of piperidine rings is 1. The van der Waals surface area contributed by atoms with E-state index in [1.54, 1.807) is 17.0 Å². The number of likely N-dealkylation sites (tertiary alicyclic amines) is 2. The van der Waals surface area contributed by atoms with Crippen LogP contribution in [0.1, 0.15) is 48.0 Å². The van der Waals surface area contributed by atoms with Gasteiger partial charge < -0.3 is 19.4 Å². The summed E-state index contributed by atoms with van der Waals surface area (Å²) in [7, 11) is 0. The van der Waals surface area contributed by atoms with Crippen molar-refractivity contribution >= 4 is 23.4 Å². The lowest BCUT2D eigenvalue weighted by atomic mass is 10.1. The van der Waals surface area contributed by atoms with Crippen LogP contribution in [0.3, 0.4) is 0 Å². The number of carbonyl (C=O) groups is 3. The summed E-state index contributed by atoms with van der Waals surface area (Å²) in [5.74, 6) is 0.485. The van der Waals surface area contributed by atoms with E-state index >= 15 is 0 Å². The number of nitrogens with zero attached hydrogens (tertiary/aromatic N) is 3. The molecule has 2 saturated heterocycles. The number of ether oxygens (including phenoxy) is 1. The van der Waals surface area contributed by atoms with Crippen LogP contribution in [0.2, 0.25) is 0 Å². The fraction of sp³-hybridized carbons (Fsp3) is 0.423. The molecule has 2 aromatic rings. The number of anilines is 1. The van der Waals surface area contributed by atoms with Gasteiger partial charge in [-0.1, -0.05) is 24.3 Å². The van der Waals surface area contributed by atoms with Crippen molar-refractivity contribution in [2.75, 3.05) is 31.1 Å². The van der Waals surface area contributed by atoms with Gasteiger partial charge in [0.1, 0.15) is 5.75 Å². The van der Waals surface area contributed by atoms with Gasteiger partial charge in [0, 0.05) is 38.2 Å². The number of hydrogen-bond acceptors (Lipinski definition) is 4. The van der Waals surface area contributed by atoms with E-state index in [0.717, 1.165) is 50.9 Å². The number of benzene rings is 2. The van der Waals surface area contributed by atoms with Crippen LogP contribution in [-0.2, 0) is 16.1 Å². The van der Waals surface area contributed by atoms with Gasteiger partial charge in [0.25, 0.3) is 11.8 Å². The van der Waals surface area contributed by atoms with E-state index in [4.69, 9.17) is 4.74 Å². The van der Waals surface area contributed by atoms with Gasteiger partial charge in [0.15, 0.2) is 6.10 Å². The summed E-state index contributed by atoms with van der Waals surface area (Å²) in [6.45, 7) is 2.93. The van der Waals surface area contributed by atoms with Crippen LogP contribution in [0.4, 0.5) is 5.69 Å². The van der Waals surface area contributed by atoms with E-state index in [1.165, 1.54) is 0 Å². The van der Waals surface area contributed by atoms with Crippen molar-refractivity contribution in [2.45, 2.75) is 44.8 Å². The lowest BCUT2D eigenvalue weighted by Gasteiger charge is -2.37. The van der Waals surface area contributed by atoms with Gasteiger partial charge in [0.2, 0.25) is 5.91 Å². The predicted molar refractivity (Wildman–Crippen MR) is 124 cm³/mol. The Bertz CT molecular complexity index is 1060. The Labute approximate surface area is 193 Å². The third kappa shape index (κ3) is 4.45. The van der Waals surface area contributed by atoms with Crippen molar-refractivity contribution in [3.63, 3.8) is 0 Å². The fourth-order valence-corrected chi connectivity index (χ4v) is 4.92. The molecule has 2 fully saturated rings. The highest BCUT2D eigenvalue weighted by atomic mass is 16.5. The van der Waals surface area contributed by atoms with Crippen LogP contribution in [0, 0.1) is 0 Å². The highest BCUT2D eigenvalue weighted by Gasteiger charge is 2.36. The smallest absolute Gasteiger partial charge is 0.265 e. The van der Waals surface area contributed by atoms with Crippen LogP contribution in [0.15, 0.2) is 48.5 Å². The molecule has 33 heavy (non-hydrogen) atoms. The molecular formula is C26H29N3O4. The van der Waals surface area contributed by atoms with Crippen molar-refractivity contribution < 1.29 is 19.1 Å². The summed E-state index contributed by atoms with van der Waals surface area (Å²) in [5, 5.41) is 0. The third-order valence-corrected chi connectivity index (χ3v) is 6.68. The van der Waals surface area contributed by atoms with Crippen molar-refractivity contribution in [3.05, 3.63) is 59.7 Å². The van der Waals surface area contributed by atoms with E-state index in [-0.39, 0.29) is 24.3 Å². The molecular weight excluding hydrogens is 418 g/mol. The van der Waals surface area contributed by atoms with E-state index in [2.05, 4.69) is 0 Å². The van der Waals surface area contributed by atoms with Crippen molar-refractivity contribution in [1.29, 1.82) is 0 Å². The molecule has 0 aliphatic carbocycles. The minimum Gasteiger partial charge on any atom is -0.476 e. The van der Waals surface area contributed by atoms with Crippen molar-refractivity contribution in [1.82, 2.24) is 9.80 Å². The Morgan fingerprint density at radius 1 is 0.939 bits per heavy atom. The molecule has 3 aliphatic heterocycles. The number of para-hydroxylation sites is 2. The molecule has 0 radical (unpaired) electrons. The number of carbonyl (C=O) groups excluding carboxylic acids is 3. The van der Waals surface area contributed by atoms with Crippen LogP contribution in [-0.4, -0.2) is 59.8 Å². The summed E-state index contributed by atoms with van der Waals surface area (Å²) >= 11 is 0. The van der Waals surface area contributed by atoms with Gasteiger partial charge in [-0.2, -0.15) is 0 Å². The normalized spacial score (nSPS) is 20.4. The molecule has 2 aromatic carbocycles. The lowest BCUT2D eigenvalue weighted by molar-refractivity contribution is -0.139. The maximum atomic E-state index is 13.6. The van der Waals surface area contributed by atoms with Crippen LogP contribution in [0.25, 0.3) is 0 Å². The average Bonchev–Trinajstić information content (AvgIpc) is 3.27. The topological polar surface area (TPSA) is 70.2 Å². The zero-order valence-corrected chi connectivity index (χ0v) is 18.7. The van der Waals surface area contributed by atoms with Gasteiger partial charge in [-0.05, 0) is 55.5 Å².